The number of amides is 1. The van der Waals surface area contributed by atoms with Gasteiger partial charge in [0.25, 0.3) is 5.91 Å². The van der Waals surface area contributed by atoms with Crippen LogP contribution in [-0.2, 0) is 0 Å². The van der Waals surface area contributed by atoms with Gasteiger partial charge in [0.1, 0.15) is 0 Å². The van der Waals surface area contributed by atoms with Crippen LogP contribution < -0.4 is 5.32 Å². The fourth-order valence-corrected chi connectivity index (χ4v) is 2.87. The van der Waals surface area contributed by atoms with E-state index in [9.17, 15) is 4.79 Å². The van der Waals surface area contributed by atoms with Gasteiger partial charge in [-0.15, -0.1) is 12.4 Å². The minimum absolute atomic E-state index is 0. The first-order chi connectivity index (χ1) is 10.1. The second-order valence-corrected chi connectivity index (χ2v) is 6.15. The molecule has 1 aliphatic rings. The third-order valence-corrected chi connectivity index (χ3v) is 4.03. The summed E-state index contributed by atoms with van der Waals surface area (Å²) in [6.45, 7) is 4.37. The normalized spacial score (nSPS) is 17.9. The molecule has 118 valence electrons. The second-order valence-electron chi connectivity index (χ2n) is 5.23. The van der Waals surface area contributed by atoms with Crippen LogP contribution in [0, 0.1) is 0 Å². The van der Waals surface area contributed by atoms with Crippen molar-refractivity contribution in [3.8, 4) is 5.69 Å². The van der Waals surface area contributed by atoms with Crippen molar-refractivity contribution >= 4 is 34.2 Å². The van der Waals surface area contributed by atoms with Gasteiger partial charge in [-0.2, -0.15) is 5.10 Å². The van der Waals surface area contributed by atoms with Crippen molar-refractivity contribution in [1.82, 2.24) is 20.0 Å². The Morgan fingerprint density at radius 3 is 2.95 bits per heavy atom. The summed E-state index contributed by atoms with van der Waals surface area (Å²) in [6.07, 6.45) is 1.82. The Balaban J connectivity index is 0.00000176. The molecule has 0 aliphatic carbocycles. The van der Waals surface area contributed by atoms with Crippen molar-refractivity contribution in [2.75, 3.05) is 19.6 Å². The lowest BCUT2D eigenvalue weighted by molar-refractivity contribution is 0.0702. The fraction of sp³-hybridized carbons (Fsp3) is 0.333. The molecule has 5 nitrogen and oxygen atoms in total. The Morgan fingerprint density at radius 1 is 1.41 bits per heavy atom. The van der Waals surface area contributed by atoms with Gasteiger partial charge < -0.3 is 10.2 Å². The van der Waals surface area contributed by atoms with Crippen molar-refractivity contribution in [2.24, 2.45) is 0 Å². The molecule has 2 aromatic rings. The standard InChI is InChI=1S/C15H17BrN4O.ClH/c1-11-10-19(8-6-17-11)15(21)14-5-7-20(18-14)13-4-2-3-12(16)9-13;/h2-5,7,9,11,17H,6,8,10H2,1H3;1H. The summed E-state index contributed by atoms with van der Waals surface area (Å²) in [4.78, 5) is 14.3. The maximum Gasteiger partial charge on any atom is 0.274 e. The highest BCUT2D eigenvalue weighted by Crippen LogP contribution is 2.15. The maximum absolute atomic E-state index is 12.5. The van der Waals surface area contributed by atoms with Crippen LogP contribution >= 0.6 is 28.3 Å². The van der Waals surface area contributed by atoms with Crippen LogP contribution in [0.25, 0.3) is 5.69 Å². The van der Waals surface area contributed by atoms with Gasteiger partial charge in [-0.3, -0.25) is 4.79 Å². The molecule has 1 saturated heterocycles. The molecular weight excluding hydrogens is 368 g/mol. The number of hydrogen-bond donors (Lipinski definition) is 1. The molecule has 0 spiro atoms. The predicted molar refractivity (Wildman–Crippen MR) is 91.9 cm³/mol. The zero-order valence-electron chi connectivity index (χ0n) is 12.2. The number of benzene rings is 1. The van der Waals surface area contributed by atoms with Crippen molar-refractivity contribution in [2.45, 2.75) is 13.0 Å². The number of halogens is 2. The molecule has 1 aliphatic heterocycles. The molecule has 0 radical (unpaired) electrons. The molecule has 0 bridgehead atoms. The van der Waals surface area contributed by atoms with Crippen molar-refractivity contribution in [3.63, 3.8) is 0 Å². The van der Waals surface area contributed by atoms with Gasteiger partial charge in [-0.1, -0.05) is 22.0 Å². The Morgan fingerprint density at radius 2 is 2.23 bits per heavy atom. The number of carbonyl (C=O) groups is 1. The number of piperazine rings is 1. The summed E-state index contributed by atoms with van der Waals surface area (Å²) in [7, 11) is 0. The Kier molecular flexibility index (Phi) is 5.61. The molecule has 1 aromatic heterocycles. The zero-order valence-corrected chi connectivity index (χ0v) is 14.6. The van der Waals surface area contributed by atoms with Crippen LogP contribution in [0.15, 0.2) is 41.0 Å². The van der Waals surface area contributed by atoms with Gasteiger partial charge in [0.05, 0.1) is 5.69 Å². The largest absolute Gasteiger partial charge is 0.334 e. The molecule has 1 unspecified atom stereocenters. The number of nitrogens with one attached hydrogen (secondary N) is 1. The summed E-state index contributed by atoms with van der Waals surface area (Å²) in [5.41, 5.74) is 1.42. The molecule has 1 fully saturated rings. The van der Waals surface area contributed by atoms with E-state index in [1.807, 2.05) is 35.4 Å². The zero-order chi connectivity index (χ0) is 14.8. The summed E-state index contributed by atoms with van der Waals surface area (Å²) in [5.74, 6) is -0.00269. The van der Waals surface area contributed by atoms with Gasteiger partial charge in [0.15, 0.2) is 5.69 Å². The number of rotatable bonds is 2. The number of carbonyl (C=O) groups excluding carboxylic acids is 1. The molecule has 7 heteroatoms. The van der Waals surface area contributed by atoms with Gasteiger partial charge in [-0.25, -0.2) is 4.68 Å². The quantitative estimate of drug-likeness (QED) is 0.864. The van der Waals surface area contributed by atoms with Crippen LogP contribution in [0.5, 0.6) is 0 Å². The first-order valence-electron chi connectivity index (χ1n) is 6.98. The fourth-order valence-electron chi connectivity index (χ4n) is 2.48. The first kappa shape index (κ1) is 17.0. The van der Waals surface area contributed by atoms with Gasteiger partial charge in [0.2, 0.25) is 0 Å². The number of aromatic nitrogens is 2. The lowest BCUT2D eigenvalue weighted by atomic mass is 10.2. The Bertz CT molecular complexity index is 660. The molecule has 0 saturated carbocycles. The van der Waals surface area contributed by atoms with Crippen LogP contribution in [0.1, 0.15) is 17.4 Å². The molecule has 1 aromatic carbocycles. The first-order valence-corrected chi connectivity index (χ1v) is 7.77. The van der Waals surface area contributed by atoms with Crippen LogP contribution in [0.4, 0.5) is 0 Å². The van der Waals surface area contributed by atoms with Crippen LogP contribution in [-0.4, -0.2) is 46.3 Å². The van der Waals surface area contributed by atoms with E-state index in [2.05, 4.69) is 33.3 Å². The topological polar surface area (TPSA) is 50.2 Å². The summed E-state index contributed by atoms with van der Waals surface area (Å²) < 4.78 is 2.71. The maximum atomic E-state index is 12.5. The van der Waals surface area contributed by atoms with E-state index in [0.717, 1.165) is 29.8 Å². The second kappa shape index (κ2) is 7.26. The number of nitrogens with zero attached hydrogens (tertiary/aromatic N) is 3. The Hall–Kier alpha value is -1.37. The van der Waals surface area contributed by atoms with E-state index >= 15 is 0 Å². The third-order valence-electron chi connectivity index (χ3n) is 3.54. The van der Waals surface area contributed by atoms with Crippen LogP contribution in [0.2, 0.25) is 0 Å². The minimum Gasteiger partial charge on any atom is -0.334 e. The predicted octanol–water partition coefficient (Wildman–Crippen LogP) is 2.49. The summed E-state index contributed by atoms with van der Waals surface area (Å²) in [6, 6.07) is 9.93. The molecule has 3 rings (SSSR count). The highest BCUT2D eigenvalue weighted by molar-refractivity contribution is 9.10. The van der Waals surface area contributed by atoms with Crippen molar-refractivity contribution in [1.29, 1.82) is 0 Å². The molecule has 22 heavy (non-hydrogen) atoms. The highest BCUT2D eigenvalue weighted by Gasteiger charge is 2.23. The minimum atomic E-state index is -0.00269. The van der Waals surface area contributed by atoms with Gasteiger partial charge >= 0.3 is 0 Å². The summed E-state index contributed by atoms with van der Waals surface area (Å²) >= 11 is 3.44. The monoisotopic (exact) mass is 384 g/mol. The smallest absolute Gasteiger partial charge is 0.274 e. The van der Waals surface area contributed by atoms with Gasteiger partial charge in [0, 0.05) is 36.3 Å². The van der Waals surface area contributed by atoms with Gasteiger partial charge in [-0.05, 0) is 31.2 Å². The highest BCUT2D eigenvalue weighted by atomic mass is 79.9. The average molecular weight is 386 g/mol. The van der Waals surface area contributed by atoms with E-state index < -0.39 is 0 Å². The van der Waals surface area contributed by atoms with E-state index in [1.165, 1.54) is 0 Å². The van der Waals surface area contributed by atoms with E-state index in [1.54, 1.807) is 10.7 Å². The van der Waals surface area contributed by atoms with E-state index in [-0.39, 0.29) is 18.3 Å². The summed E-state index contributed by atoms with van der Waals surface area (Å²) in [5, 5.41) is 7.74. The average Bonchev–Trinajstić information content (AvgIpc) is 2.96. The molecule has 1 atom stereocenters. The molecule has 1 N–H and O–H groups in total. The van der Waals surface area contributed by atoms with E-state index in [4.69, 9.17) is 0 Å². The molecule has 1 amide bonds. The SMILES string of the molecule is CC1CN(C(=O)c2ccn(-c3cccc(Br)c3)n2)CCN1.Cl. The lowest BCUT2D eigenvalue weighted by Crippen LogP contribution is -2.51. The molecule has 2 heterocycles. The third kappa shape index (κ3) is 3.69. The number of hydrogen-bond acceptors (Lipinski definition) is 3. The Labute approximate surface area is 144 Å². The van der Waals surface area contributed by atoms with Crippen LogP contribution in [0.3, 0.4) is 0 Å². The van der Waals surface area contributed by atoms with Crippen molar-refractivity contribution < 1.29 is 4.79 Å². The molecular formula is C15H18BrClN4O. The van der Waals surface area contributed by atoms with Crippen molar-refractivity contribution in [3.05, 3.63) is 46.7 Å². The van der Waals surface area contributed by atoms with E-state index in [0.29, 0.717) is 11.7 Å². The lowest BCUT2D eigenvalue weighted by Gasteiger charge is -2.31.